The summed E-state index contributed by atoms with van der Waals surface area (Å²) < 4.78 is 0. The Hall–Kier alpha value is -0.0603. The maximum atomic E-state index is 11.7. The molecule has 0 unspecified atom stereocenters. The topological polar surface area (TPSA) is 57.6 Å². The molecule has 150 valence electrons. The Kier molecular flexibility index (Phi) is 23.0. The van der Waals surface area contributed by atoms with Crippen LogP contribution in [-0.4, -0.2) is 73.2 Å². The van der Waals surface area contributed by atoms with Crippen LogP contribution >= 0.6 is 0 Å². The molecule has 0 aliphatic heterocycles. The van der Waals surface area contributed by atoms with Crippen molar-refractivity contribution in [3.05, 3.63) is 12.2 Å². The first kappa shape index (κ1) is 28.2. The molecule has 0 aromatic carbocycles. The van der Waals surface area contributed by atoms with E-state index in [9.17, 15) is 9.59 Å². The SMILES string of the molecule is CCCCCCCCC=CCCCCCCCC(=O)N(C)CC(=O)O.[CaH2]. The summed E-state index contributed by atoms with van der Waals surface area (Å²) in [5.41, 5.74) is 0. The molecule has 0 fully saturated rings. The van der Waals surface area contributed by atoms with E-state index < -0.39 is 5.97 Å². The first-order valence-electron chi connectivity index (χ1n) is 10.2. The molecule has 0 aliphatic rings. The van der Waals surface area contributed by atoms with Crippen LogP contribution in [0.4, 0.5) is 0 Å². The molecule has 0 saturated heterocycles. The van der Waals surface area contributed by atoms with Gasteiger partial charge in [-0.25, -0.2) is 0 Å². The Morgan fingerprint density at radius 2 is 1.27 bits per heavy atom. The molecular weight excluding hydrogens is 354 g/mol. The maximum absolute atomic E-state index is 11.7. The Morgan fingerprint density at radius 3 is 1.77 bits per heavy atom. The summed E-state index contributed by atoms with van der Waals surface area (Å²) in [5, 5.41) is 8.64. The number of hydrogen-bond acceptors (Lipinski definition) is 2. The quantitative estimate of drug-likeness (QED) is 0.221. The third kappa shape index (κ3) is 20.3. The molecule has 0 saturated carbocycles. The van der Waals surface area contributed by atoms with Crippen molar-refractivity contribution >= 4 is 49.6 Å². The van der Waals surface area contributed by atoms with E-state index in [0.29, 0.717) is 6.42 Å². The minimum absolute atomic E-state index is 0. The molecule has 0 aromatic heterocycles. The van der Waals surface area contributed by atoms with Crippen LogP contribution in [-0.2, 0) is 9.59 Å². The van der Waals surface area contributed by atoms with Gasteiger partial charge in [-0.1, -0.05) is 70.4 Å². The number of carbonyl (C=O) groups excluding carboxylic acids is 1. The number of amides is 1. The van der Waals surface area contributed by atoms with Crippen molar-refractivity contribution in [2.45, 2.75) is 96.8 Å². The van der Waals surface area contributed by atoms with Gasteiger partial charge in [0.15, 0.2) is 0 Å². The summed E-state index contributed by atoms with van der Waals surface area (Å²) in [5.74, 6) is -1.03. The van der Waals surface area contributed by atoms with Crippen molar-refractivity contribution in [1.29, 1.82) is 0 Å². The number of aliphatic carboxylic acids is 1. The third-order valence-corrected chi connectivity index (χ3v) is 4.45. The molecule has 0 spiro atoms. The van der Waals surface area contributed by atoms with Gasteiger partial charge in [0, 0.05) is 13.5 Å². The van der Waals surface area contributed by atoms with Crippen molar-refractivity contribution in [1.82, 2.24) is 4.90 Å². The van der Waals surface area contributed by atoms with Crippen molar-refractivity contribution in [3.8, 4) is 0 Å². The van der Waals surface area contributed by atoms with E-state index in [1.54, 1.807) is 7.05 Å². The summed E-state index contributed by atoms with van der Waals surface area (Å²) in [7, 11) is 1.55. The van der Waals surface area contributed by atoms with Crippen LogP contribution in [0.5, 0.6) is 0 Å². The van der Waals surface area contributed by atoms with Crippen LogP contribution in [0.1, 0.15) is 96.8 Å². The number of nitrogens with zero attached hydrogens (tertiary/aromatic N) is 1. The molecule has 0 aliphatic carbocycles. The standard InChI is InChI=1S/C21H39NO3.Ca.2H/c1-3-4-5-6-7-8-9-10-11-12-13-14-15-16-17-18-20(23)22(2)19-21(24)25;;;/h10-11H,3-9,12-19H2,1-2H3,(H,24,25);;;. The van der Waals surface area contributed by atoms with Crippen molar-refractivity contribution < 1.29 is 14.7 Å². The number of rotatable bonds is 17. The monoisotopic (exact) mass is 395 g/mol. The van der Waals surface area contributed by atoms with Crippen LogP contribution in [0.3, 0.4) is 0 Å². The van der Waals surface area contributed by atoms with Gasteiger partial charge in [-0.15, -0.1) is 0 Å². The second kappa shape index (κ2) is 21.2. The van der Waals surface area contributed by atoms with E-state index in [1.165, 1.54) is 62.7 Å². The van der Waals surface area contributed by atoms with Gasteiger partial charge in [-0.05, 0) is 32.1 Å². The minimum atomic E-state index is -0.958. The molecule has 4 nitrogen and oxygen atoms in total. The molecule has 26 heavy (non-hydrogen) atoms. The average molecular weight is 396 g/mol. The summed E-state index contributed by atoms with van der Waals surface area (Å²) >= 11 is 0. The molecule has 5 heteroatoms. The fourth-order valence-corrected chi connectivity index (χ4v) is 2.83. The Labute approximate surface area is 190 Å². The fourth-order valence-electron chi connectivity index (χ4n) is 2.83. The Balaban J connectivity index is 0. The van der Waals surface area contributed by atoms with E-state index in [2.05, 4.69) is 19.1 Å². The van der Waals surface area contributed by atoms with Crippen LogP contribution in [0, 0.1) is 0 Å². The van der Waals surface area contributed by atoms with E-state index in [4.69, 9.17) is 5.11 Å². The summed E-state index contributed by atoms with van der Waals surface area (Å²) in [6, 6.07) is 0. The zero-order valence-electron chi connectivity index (χ0n) is 16.5. The molecule has 0 aromatic rings. The molecular formula is C21H41CaNO3. The zero-order valence-corrected chi connectivity index (χ0v) is 16.5. The predicted octanol–water partition coefficient (Wildman–Crippen LogP) is 4.65. The number of likely N-dealkylation sites (N-methyl/N-ethyl adjacent to an activating group) is 1. The van der Waals surface area contributed by atoms with Crippen LogP contribution < -0.4 is 0 Å². The summed E-state index contributed by atoms with van der Waals surface area (Å²) in [6.07, 6.45) is 21.1. The van der Waals surface area contributed by atoms with E-state index in [0.717, 1.165) is 25.7 Å². The number of carboxylic acid groups (broad SMARTS) is 1. The second-order valence-electron chi connectivity index (χ2n) is 6.98. The van der Waals surface area contributed by atoms with Crippen LogP contribution in [0.25, 0.3) is 0 Å². The molecule has 1 amide bonds. The summed E-state index contributed by atoms with van der Waals surface area (Å²) in [6.45, 7) is 2.05. The number of carbonyl (C=O) groups is 2. The fraction of sp³-hybridized carbons (Fsp3) is 0.810. The van der Waals surface area contributed by atoms with Crippen LogP contribution in [0.15, 0.2) is 12.2 Å². The van der Waals surface area contributed by atoms with Gasteiger partial charge in [-0.2, -0.15) is 0 Å². The molecule has 1 N–H and O–H groups in total. The van der Waals surface area contributed by atoms with Gasteiger partial charge in [-0.3, -0.25) is 9.59 Å². The molecule has 0 heterocycles. The van der Waals surface area contributed by atoms with E-state index in [-0.39, 0.29) is 50.2 Å². The Bertz CT molecular complexity index is 372. The zero-order chi connectivity index (χ0) is 18.8. The number of allylic oxidation sites excluding steroid dienone is 2. The first-order valence-corrected chi connectivity index (χ1v) is 10.2. The first-order chi connectivity index (χ1) is 12.1. The van der Waals surface area contributed by atoms with Crippen LogP contribution in [0.2, 0.25) is 0 Å². The predicted molar refractivity (Wildman–Crippen MR) is 113 cm³/mol. The molecule has 0 rings (SSSR count). The van der Waals surface area contributed by atoms with Gasteiger partial charge >= 0.3 is 43.7 Å². The number of hydrogen-bond donors (Lipinski definition) is 1. The van der Waals surface area contributed by atoms with Crippen molar-refractivity contribution in [3.63, 3.8) is 0 Å². The van der Waals surface area contributed by atoms with Gasteiger partial charge in [0.05, 0.1) is 0 Å². The number of carboxylic acids is 1. The average Bonchev–Trinajstić information content (AvgIpc) is 2.57. The molecule has 0 bridgehead atoms. The molecule has 0 atom stereocenters. The van der Waals surface area contributed by atoms with Gasteiger partial charge < -0.3 is 10.0 Å². The van der Waals surface area contributed by atoms with Crippen molar-refractivity contribution in [2.75, 3.05) is 13.6 Å². The van der Waals surface area contributed by atoms with Crippen molar-refractivity contribution in [2.24, 2.45) is 0 Å². The van der Waals surface area contributed by atoms with Gasteiger partial charge in [0.1, 0.15) is 6.54 Å². The molecule has 0 radical (unpaired) electrons. The van der Waals surface area contributed by atoms with E-state index in [1.807, 2.05) is 0 Å². The number of unbranched alkanes of at least 4 members (excludes halogenated alkanes) is 11. The third-order valence-electron chi connectivity index (χ3n) is 4.45. The second-order valence-corrected chi connectivity index (χ2v) is 6.98. The Morgan fingerprint density at radius 1 is 0.808 bits per heavy atom. The van der Waals surface area contributed by atoms with Gasteiger partial charge in [0.25, 0.3) is 0 Å². The van der Waals surface area contributed by atoms with E-state index >= 15 is 0 Å². The normalized spacial score (nSPS) is 10.7. The van der Waals surface area contributed by atoms with Gasteiger partial charge in [0.2, 0.25) is 5.91 Å². The summed E-state index contributed by atoms with van der Waals surface area (Å²) in [4.78, 5) is 23.5.